The molecule has 1 aliphatic rings. The molecule has 1 aromatic carbocycles. The van der Waals surface area contributed by atoms with Gasteiger partial charge in [-0.2, -0.15) is 5.10 Å². The molecule has 1 unspecified atom stereocenters. The second kappa shape index (κ2) is 8.27. The summed E-state index contributed by atoms with van der Waals surface area (Å²) < 4.78 is 1.92. The van der Waals surface area contributed by atoms with Crippen LogP contribution in [0.25, 0.3) is 16.6 Å². The Balaban J connectivity index is 1.40. The molecule has 0 aliphatic carbocycles. The molecule has 6 nitrogen and oxygen atoms in total. The van der Waals surface area contributed by atoms with E-state index in [1.807, 2.05) is 29.6 Å². The maximum Gasteiger partial charge on any atom is 0.220 e. The number of aromatic nitrogens is 3. The summed E-state index contributed by atoms with van der Waals surface area (Å²) >= 11 is 0. The SMILES string of the molecule is Cc1nc2c3ccccc3nn2c(C)c1CCC(=O)NCCC1CCCNC1. The van der Waals surface area contributed by atoms with Gasteiger partial charge in [-0.3, -0.25) is 4.79 Å². The van der Waals surface area contributed by atoms with E-state index < -0.39 is 0 Å². The smallest absolute Gasteiger partial charge is 0.220 e. The van der Waals surface area contributed by atoms with Gasteiger partial charge in [0.1, 0.15) is 0 Å². The second-order valence-corrected chi connectivity index (χ2v) is 7.86. The second-order valence-electron chi connectivity index (χ2n) is 7.86. The van der Waals surface area contributed by atoms with Crippen molar-refractivity contribution in [3.8, 4) is 0 Å². The maximum absolute atomic E-state index is 12.3. The lowest BCUT2D eigenvalue weighted by Crippen LogP contribution is -2.33. The van der Waals surface area contributed by atoms with Gasteiger partial charge in [-0.1, -0.05) is 12.1 Å². The number of nitrogens with one attached hydrogen (secondary N) is 2. The number of amides is 1. The van der Waals surface area contributed by atoms with Gasteiger partial charge in [-0.05, 0) is 76.2 Å². The number of benzene rings is 1. The fourth-order valence-electron chi connectivity index (χ4n) is 4.25. The number of rotatable bonds is 6. The van der Waals surface area contributed by atoms with E-state index in [2.05, 4.69) is 23.6 Å². The Kier molecular flexibility index (Phi) is 5.57. The van der Waals surface area contributed by atoms with Gasteiger partial charge < -0.3 is 10.6 Å². The van der Waals surface area contributed by atoms with Gasteiger partial charge in [-0.15, -0.1) is 0 Å². The minimum absolute atomic E-state index is 0.119. The summed E-state index contributed by atoms with van der Waals surface area (Å²) in [4.78, 5) is 17.1. The quantitative estimate of drug-likeness (QED) is 0.691. The van der Waals surface area contributed by atoms with Crippen molar-refractivity contribution in [3.05, 3.63) is 41.2 Å². The molecule has 1 saturated heterocycles. The Morgan fingerprint density at radius 1 is 1.32 bits per heavy atom. The third-order valence-electron chi connectivity index (χ3n) is 5.89. The van der Waals surface area contributed by atoms with Crippen LogP contribution in [-0.4, -0.2) is 40.1 Å². The normalized spacial score (nSPS) is 17.3. The highest BCUT2D eigenvalue weighted by Gasteiger charge is 2.16. The minimum Gasteiger partial charge on any atom is -0.356 e. The number of fused-ring (bicyclic) bond motifs is 3. The highest BCUT2D eigenvalue weighted by atomic mass is 16.1. The van der Waals surface area contributed by atoms with Crippen LogP contribution in [0.1, 0.15) is 42.6 Å². The molecule has 1 atom stereocenters. The zero-order valence-electron chi connectivity index (χ0n) is 16.8. The third kappa shape index (κ3) is 3.87. The summed E-state index contributed by atoms with van der Waals surface area (Å²) in [6.45, 7) is 7.07. The van der Waals surface area contributed by atoms with E-state index >= 15 is 0 Å². The summed E-state index contributed by atoms with van der Waals surface area (Å²) in [5, 5.41) is 12.3. The van der Waals surface area contributed by atoms with Gasteiger partial charge in [0.2, 0.25) is 5.91 Å². The molecule has 1 aliphatic heterocycles. The van der Waals surface area contributed by atoms with Gasteiger partial charge >= 0.3 is 0 Å². The van der Waals surface area contributed by atoms with Crippen molar-refractivity contribution in [1.29, 1.82) is 0 Å². The molecule has 0 bridgehead atoms. The molecular weight excluding hydrogens is 350 g/mol. The number of carbonyl (C=O) groups is 1. The molecule has 0 radical (unpaired) electrons. The standard InChI is InChI=1S/C22H29N5O/c1-15-18(9-10-21(28)24-13-11-17-6-5-12-23-14-17)16(2)27-22(25-15)19-7-3-4-8-20(19)26-27/h3-4,7-8,17,23H,5-6,9-14H2,1-2H3,(H,24,28). The highest BCUT2D eigenvalue weighted by molar-refractivity contribution is 5.92. The molecule has 3 aromatic rings. The first kappa shape index (κ1) is 18.9. The molecule has 1 amide bonds. The Hall–Kier alpha value is -2.47. The van der Waals surface area contributed by atoms with E-state index in [1.54, 1.807) is 0 Å². The van der Waals surface area contributed by atoms with E-state index in [0.29, 0.717) is 18.8 Å². The van der Waals surface area contributed by atoms with Gasteiger partial charge in [0.25, 0.3) is 0 Å². The van der Waals surface area contributed by atoms with Crippen LogP contribution in [0, 0.1) is 19.8 Å². The van der Waals surface area contributed by atoms with Crippen LogP contribution in [0.2, 0.25) is 0 Å². The lowest BCUT2D eigenvalue weighted by atomic mass is 9.96. The molecule has 148 valence electrons. The van der Waals surface area contributed by atoms with Crippen molar-refractivity contribution in [2.24, 2.45) is 5.92 Å². The Bertz CT molecular complexity index is 987. The van der Waals surface area contributed by atoms with Crippen molar-refractivity contribution in [2.45, 2.75) is 46.0 Å². The van der Waals surface area contributed by atoms with Crippen LogP contribution in [0.15, 0.2) is 24.3 Å². The molecule has 0 saturated carbocycles. The zero-order chi connectivity index (χ0) is 19.5. The summed E-state index contributed by atoms with van der Waals surface area (Å²) in [6, 6.07) is 8.07. The summed E-state index contributed by atoms with van der Waals surface area (Å²) in [6.07, 6.45) is 4.75. The minimum atomic E-state index is 0.119. The highest BCUT2D eigenvalue weighted by Crippen LogP contribution is 2.23. The maximum atomic E-state index is 12.3. The van der Waals surface area contributed by atoms with Crippen molar-refractivity contribution < 1.29 is 4.79 Å². The van der Waals surface area contributed by atoms with Crippen LogP contribution < -0.4 is 10.6 Å². The predicted molar refractivity (Wildman–Crippen MR) is 112 cm³/mol. The first-order valence-electron chi connectivity index (χ1n) is 10.3. The van der Waals surface area contributed by atoms with Crippen LogP contribution in [-0.2, 0) is 11.2 Å². The fourth-order valence-corrected chi connectivity index (χ4v) is 4.25. The lowest BCUT2D eigenvalue weighted by molar-refractivity contribution is -0.121. The molecule has 0 spiro atoms. The van der Waals surface area contributed by atoms with Crippen molar-refractivity contribution >= 4 is 22.5 Å². The lowest BCUT2D eigenvalue weighted by Gasteiger charge is -2.22. The number of piperidine rings is 1. The number of hydrogen-bond donors (Lipinski definition) is 2. The number of aryl methyl sites for hydroxylation is 2. The Morgan fingerprint density at radius 2 is 2.18 bits per heavy atom. The number of hydrogen-bond acceptors (Lipinski definition) is 4. The van der Waals surface area contributed by atoms with Crippen molar-refractivity contribution in [1.82, 2.24) is 25.2 Å². The average Bonchev–Trinajstić information content (AvgIpc) is 3.07. The fraction of sp³-hybridized carbons (Fsp3) is 0.500. The third-order valence-corrected chi connectivity index (χ3v) is 5.89. The Morgan fingerprint density at radius 3 is 3.00 bits per heavy atom. The van der Waals surface area contributed by atoms with E-state index in [1.165, 1.54) is 12.8 Å². The van der Waals surface area contributed by atoms with Gasteiger partial charge in [0.15, 0.2) is 5.65 Å². The molecule has 28 heavy (non-hydrogen) atoms. The van der Waals surface area contributed by atoms with Crippen LogP contribution in [0.5, 0.6) is 0 Å². The first-order valence-corrected chi connectivity index (χ1v) is 10.3. The molecule has 3 heterocycles. The van der Waals surface area contributed by atoms with E-state index in [0.717, 1.165) is 59.6 Å². The molecular formula is C22H29N5O. The van der Waals surface area contributed by atoms with Crippen LogP contribution in [0.3, 0.4) is 0 Å². The average molecular weight is 380 g/mol. The number of nitrogens with zero attached hydrogens (tertiary/aromatic N) is 3. The van der Waals surface area contributed by atoms with Crippen LogP contribution >= 0.6 is 0 Å². The monoisotopic (exact) mass is 379 g/mol. The van der Waals surface area contributed by atoms with Gasteiger partial charge in [0, 0.05) is 29.7 Å². The summed E-state index contributed by atoms with van der Waals surface area (Å²) in [7, 11) is 0. The molecule has 2 N–H and O–H groups in total. The van der Waals surface area contributed by atoms with Crippen molar-refractivity contribution in [2.75, 3.05) is 19.6 Å². The van der Waals surface area contributed by atoms with Crippen molar-refractivity contribution in [3.63, 3.8) is 0 Å². The largest absolute Gasteiger partial charge is 0.356 e. The predicted octanol–water partition coefficient (Wildman–Crippen LogP) is 2.94. The molecule has 6 heteroatoms. The molecule has 2 aromatic heterocycles. The molecule has 4 rings (SSSR count). The van der Waals surface area contributed by atoms with Gasteiger partial charge in [0.05, 0.1) is 5.52 Å². The summed E-state index contributed by atoms with van der Waals surface area (Å²) in [5.74, 6) is 0.812. The first-order chi connectivity index (χ1) is 13.6. The van der Waals surface area contributed by atoms with E-state index in [4.69, 9.17) is 10.1 Å². The summed E-state index contributed by atoms with van der Waals surface area (Å²) in [5.41, 5.74) is 5.01. The van der Waals surface area contributed by atoms with Crippen LogP contribution in [0.4, 0.5) is 0 Å². The van der Waals surface area contributed by atoms with E-state index in [9.17, 15) is 4.79 Å². The molecule has 1 fully saturated rings. The topological polar surface area (TPSA) is 71.3 Å². The van der Waals surface area contributed by atoms with E-state index in [-0.39, 0.29) is 5.91 Å². The van der Waals surface area contributed by atoms with Gasteiger partial charge in [-0.25, -0.2) is 9.50 Å². The Labute approximate surface area is 165 Å². The zero-order valence-corrected chi connectivity index (χ0v) is 16.8. The number of carbonyl (C=O) groups excluding carboxylic acids is 1.